The van der Waals surface area contributed by atoms with Gasteiger partial charge >= 0.3 is 0 Å². The van der Waals surface area contributed by atoms with Crippen LogP contribution in [0, 0.1) is 0 Å². The number of nitrogens with zero attached hydrogens (tertiary/aromatic N) is 1. The molecule has 0 fully saturated rings. The molecule has 2 aromatic carbocycles. The minimum absolute atomic E-state index is 0.00789. The third-order valence-corrected chi connectivity index (χ3v) is 5.70. The van der Waals surface area contributed by atoms with Crippen LogP contribution in [0.15, 0.2) is 41.3 Å². The molecule has 0 bridgehead atoms. The van der Waals surface area contributed by atoms with Gasteiger partial charge in [0.05, 0.1) is 37.0 Å². The first-order valence-electron chi connectivity index (χ1n) is 8.59. The molecule has 1 N–H and O–H groups in total. The van der Waals surface area contributed by atoms with Crippen molar-refractivity contribution in [3.8, 4) is 17.2 Å². The lowest BCUT2D eigenvalue weighted by atomic mass is 10.2. The van der Waals surface area contributed by atoms with Gasteiger partial charge in [0.15, 0.2) is 0 Å². The normalized spacial score (nSPS) is 16.0. The van der Waals surface area contributed by atoms with Crippen molar-refractivity contribution in [1.29, 1.82) is 0 Å². The maximum Gasteiger partial charge on any atom is 0.262 e. The van der Waals surface area contributed by atoms with Crippen molar-refractivity contribution in [2.24, 2.45) is 0 Å². The Morgan fingerprint density at radius 3 is 2.57 bits per heavy atom. The van der Waals surface area contributed by atoms with Gasteiger partial charge in [-0.25, -0.2) is 8.42 Å². The van der Waals surface area contributed by atoms with E-state index < -0.39 is 10.0 Å². The Balaban J connectivity index is 1.97. The molecular formula is C19H22N2O6S. The molecule has 150 valence electrons. The average molecular weight is 406 g/mol. The molecule has 8 nitrogen and oxygen atoms in total. The van der Waals surface area contributed by atoms with Crippen molar-refractivity contribution in [3.05, 3.63) is 36.4 Å². The SMILES string of the molecule is COc1ccc(NS(=O)(=O)c2ccc3c(c2)N(C(C)=O)CC(C)O3)c(OC)c1. The monoisotopic (exact) mass is 406 g/mol. The van der Waals surface area contributed by atoms with Gasteiger partial charge in [-0.05, 0) is 37.3 Å². The fourth-order valence-electron chi connectivity index (χ4n) is 2.97. The Hall–Kier alpha value is -2.94. The van der Waals surface area contributed by atoms with E-state index in [1.54, 1.807) is 24.3 Å². The van der Waals surface area contributed by atoms with E-state index in [1.807, 2.05) is 6.92 Å². The van der Waals surface area contributed by atoms with Gasteiger partial charge in [0, 0.05) is 13.0 Å². The number of ether oxygens (including phenoxy) is 3. The maximum atomic E-state index is 12.9. The molecule has 0 radical (unpaired) electrons. The smallest absolute Gasteiger partial charge is 0.262 e. The Bertz CT molecular complexity index is 1010. The van der Waals surface area contributed by atoms with E-state index in [0.717, 1.165) is 0 Å². The third-order valence-electron chi connectivity index (χ3n) is 4.33. The fraction of sp³-hybridized carbons (Fsp3) is 0.316. The zero-order valence-corrected chi connectivity index (χ0v) is 16.9. The summed E-state index contributed by atoms with van der Waals surface area (Å²) in [6, 6.07) is 9.19. The van der Waals surface area contributed by atoms with Crippen LogP contribution < -0.4 is 23.8 Å². The van der Waals surface area contributed by atoms with Crippen LogP contribution in [0.1, 0.15) is 13.8 Å². The van der Waals surface area contributed by atoms with Crippen LogP contribution in [-0.2, 0) is 14.8 Å². The van der Waals surface area contributed by atoms with Crippen molar-refractivity contribution >= 4 is 27.3 Å². The second-order valence-electron chi connectivity index (χ2n) is 6.36. The predicted molar refractivity (Wildman–Crippen MR) is 105 cm³/mol. The molecule has 1 unspecified atom stereocenters. The molecule has 1 amide bonds. The van der Waals surface area contributed by atoms with Crippen molar-refractivity contribution in [2.75, 3.05) is 30.4 Å². The van der Waals surface area contributed by atoms with Crippen LogP contribution >= 0.6 is 0 Å². The van der Waals surface area contributed by atoms with Crippen LogP contribution in [0.2, 0.25) is 0 Å². The summed E-state index contributed by atoms with van der Waals surface area (Å²) in [7, 11) is -0.977. The molecule has 2 aromatic rings. The topological polar surface area (TPSA) is 94.2 Å². The van der Waals surface area contributed by atoms with Crippen LogP contribution in [0.4, 0.5) is 11.4 Å². The van der Waals surface area contributed by atoms with Crippen LogP contribution in [0.3, 0.4) is 0 Å². The van der Waals surface area contributed by atoms with E-state index in [1.165, 1.54) is 38.2 Å². The standard InChI is InChI=1S/C19H22N2O6S/c1-12-11-21(13(2)22)17-10-15(6-8-18(17)27-12)28(23,24)20-16-7-5-14(25-3)9-19(16)26-4/h5-10,12,20H,11H2,1-4H3. The lowest BCUT2D eigenvalue weighted by Gasteiger charge is -2.33. The first kappa shape index (κ1) is 19.8. The van der Waals surface area contributed by atoms with Gasteiger partial charge in [0.25, 0.3) is 10.0 Å². The van der Waals surface area contributed by atoms with Gasteiger partial charge in [-0.1, -0.05) is 0 Å². The van der Waals surface area contributed by atoms with Crippen molar-refractivity contribution in [1.82, 2.24) is 0 Å². The molecule has 28 heavy (non-hydrogen) atoms. The third kappa shape index (κ3) is 3.84. The summed E-state index contributed by atoms with van der Waals surface area (Å²) in [5.74, 6) is 1.14. The average Bonchev–Trinajstić information content (AvgIpc) is 2.66. The highest BCUT2D eigenvalue weighted by Crippen LogP contribution is 2.37. The van der Waals surface area contributed by atoms with Crippen molar-refractivity contribution in [2.45, 2.75) is 24.8 Å². The molecule has 3 rings (SSSR count). The second-order valence-corrected chi connectivity index (χ2v) is 8.04. The summed E-state index contributed by atoms with van der Waals surface area (Å²) in [5.41, 5.74) is 0.699. The van der Waals surface area contributed by atoms with Gasteiger partial charge in [-0.3, -0.25) is 9.52 Å². The Morgan fingerprint density at radius 1 is 1.18 bits per heavy atom. The van der Waals surface area contributed by atoms with Gasteiger partial charge in [0.2, 0.25) is 5.91 Å². The van der Waals surface area contributed by atoms with Crippen molar-refractivity contribution in [3.63, 3.8) is 0 Å². The van der Waals surface area contributed by atoms with Gasteiger partial charge < -0.3 is 19.1 Å². The number of rotatable bonds is 5. The van der Waals surface area contributed by atoms with Crippen molar-refractivity contribution < 1.29 is 27.4 Å². The summed E-state index contributed by atoms with van der Waals surface area (Å²) >= 11 is 0. The number of carbonyl (C=O) groups is 1. The van der Waals surface area contributed by atoms with Crippen LogP contribution in [-0.4, -0.2) is 41.2 Å². The molecule has 0 saturated heterocycles. The molecular weight excluding hydrogens is 384 g/mol. The highest BCUT2D eigenvalue weighted by atomic mass is 32.2. The minimum Gasteiger partial charge on any atom is -0.497 e. The lowest BCUT2D eigenvalue weighted by Crippen LogP contribution is -2.41. The van der Waals surface area contributed by atoms with Crippen LogP contribution in [0.25, 0.3) is 0 Å². The number of anilines is 2. The second kappa shape index (κ2) is 7.59. The number of carbonyl (C=O) groups excluding carboxylic acids is 1. The maximum absolute atomic E-state index is 12.9. The van der Waals surface area contributed by atoms with E-state index in [0.29, 0.717) is 29.5 Å². The van der Waals surface area contributed by atoms with E-state index in [2.05, 4.69) is 4.72 Å². The molecule has 1 heterocycles. The summed E-state index contributed by atoms with van der Waals surface area (Å²) in [4.78, 5) is 13.5. The largest absolute Gasteiger partial charge is 0.497 e. The van der Waals surface area contributed by atoms with Gasteiger partial charge in [0.1, 0.15) is 23.4 Å². The van der Waals surface area contributed by atoms with E-state index >= 15 is 0 Å². The number of sulfonamides is 1. The number of fused-ring (bicyclic) bond motifs is 1. The van der Waals surface area contributed by atoms with E-state index in [-0.39, 0.29) is 22.6 Å². The summed E-state index contributed by atoms with van der Waals surface area (Å²) in [5, 5.41) is 0. The molecule has 0 aromatic heterocycles. The number of hydrogen-bond donors (Lipinski definition) is 1. The molecule has 0 spiro atoms. The van der Waals surface area contributed by atoms with Crippen LogP contribution in [0.5, 0.6) is 17.2 Å². The first-order chi connectivity index (χ1) is 13.2. The Morgan fingerprint density at radius 2 is 1.93 bits per heavy atom. The number of hydrogen-bond acceptors (Lipinski definition) is 6. The zero-order valence-electron chi connectivity index (χ0n) is 16.1. The summed E-state index contributed by atoms with van der Waals surface area (Å²) < 4.78 is 44.4. The molecule has 0 saturated carbocycles. The summed E-state index contributed by atoms with van der Waals surface area (Å²) in [6.07, 6.45) is -0.180. The number of benzene rings is 2. The minimum atomic E-state index is -3.93. The lowest BCUT2D eigenvalue weighted by molar-refractivity contribution is -0.117. The first-order valence-corrected chi connectivity index (χ1v) is 10.1. The molecule has 1 atom stereocenters. The number of amides is 1. The van der Waals surface area contributed by atoms with E-state index in [9.17, 15) is 13.2 Å². The number of methoxy groups -OCH3 is 2. The fourth-order valence-corrected chi connectivity index (χ4v) is 4.06. The molecule has 1 aliphatic rings. The highest BCUT2D eigenvalue weighted by molar-refractivity contribution is 7.92. The van der Waals surface area contributed by atoms with Gasteiger partial charge in [-0.15, -0.1) is 0 Å². The predicted octanol–water partition coefficient (Wildman–Crippen LogP) is 2.64. The Kier molecular flexibility index (Phi) is 5.37. The Labute approximate surface area is 164 Å². The van der Waals surface area contributed by atoms with Gasteiger partial charge in [-0.2, -0.15) is 0 Å². The summed E-state index contributed by atoms with van der Waals surface area (Å²) in [6.45, 7) is 3.63. The highest BCUT2D eigenvalue weighted by Gasteiger charge is 2.28. The zero-order chi connectivity index (χ0) is 20.5. The molecule has 0 aliphatic carbocycles. The quantitative estimate of drug-likeness (QED) is 0.820. The van der Waals surface area contributed by atoms with E-state index in [4.69, 9.17) is 14.2 Å². The molecule has 9 heteroatoms. The number of nitrogens with one attached hydrogen (secondary N) is 1. The molecule has 1 aliphatic heterocycles.